The summed E-state index contributed by atoms with van der Waals surface area (Å²) >= 11 is 0. The first-order valence-electron chi connectivity index (χ1n) is 15.4. The van der Waals surface area contributed by atoms with Crippen molar-refractivity contribution in [3.8, 4) is 0 Å². The zero-order chi connectivity index (χ0) is 31.9. The monoisotopic (exact) mass is 611 g/mol. The number of hydrogen-bond acceptors (Lipinski definition) is 7. The predicted molar refractivity (Wildman–Crippen MR) is 168 cm³/mol. The van der Waals surface area contributed by atoms with Gasteiger partial charge in [-0.2, -0.15) is 4.39 Å². The standard InChI is InChI=1S/C32H42FN5O6/c1-2-3-4-5-6-7-17-31(39)27(36-32(40)18-12-13-23-22-35-26-15-9-8-14-24(23)26)16-10-11-19-34-28-20-25(33)29(37(41)42)21-30(28)38(43)44/h8-9,14-15,20-22,27,34-35H,2-7,10-13,16-19H2,1H3,(H,36,40)/t27-/m0/s1. The maximum absolute atomic E-state index is 14.1. The molecule has 3 N–H and O–H groups in total. The molecular formula is C32H42FN5O6. The molecule has 3 aromatic rings. The molecule has 0 aliphatic rings. The third kappa shape index (κ3) is 10.4. The van der Waals surface area contributed by atoms with Crippen LogP contribution < -0.4 is 10.6 Å². The highest BCUT2D eigenvalue weighted by Gasteiger charge is 2.25. The summed E-state index contributed by atoms with van der Waals surface area (Å²) in [5, 5.41) is 29.2. The highest BCUT2D eigenvalue weighted by atomic mass is 19.1. The number of nitro groups is 2. The first kappa shape index (κ1) is 34.1. The number of ketones is 1. The molecule has 238 valence electrons. The second-order valence-corrected chi connectivity index (χ2v) is 11.1. The number of nitrogens with zero attached hydrogens (tertiary/aromatic N) is 2. The predicted octanol–water partition coefficient (Wildman–Crippen LogP) is 7.53. The first-order valence-corrected chi connectivity index (χ1v) is 15.4. The Morgan fingerprint density at radius 1 is 0.909 bits per heavy atom. The van der Waals surface area contributed by atoms with Crippen molar-refractivity contribution in [1.82, 2.24) is 10.3 Å². The summed E-state index contributed by atoms with van der Waals surface area (Å²) in [6.07, 6.45) is 11.7. The number of H-pyrrole nitrogens is 1. The lowest BCUT2D eigenvalue weighted by Crippen LogP contribution is -2.40. The van der Waals surface area contributed by atoms with Crippen LogP contribution in [-0.2, 0) is 16.0 Å². The number of aromatic nitrogens is 1. The van der Waals surface area contributed by atoms with Gasteiger partial charge in [0.25, 0.3) is 5.69 Å². The minimum absolute atomic E-state index is 0.00786. The van der Waals surface area contributed by atoms with E-state index in [9.17, 15) is 34.2 Å². The zero-order valence-corrected chi connectivity index (χ0v) is 25.2. The summed E-state index contributed by atoms with van der Waals surface area (Å²) < 4.78 is 14.1. The molecule has 2 aromatic carbocycles. The molecule has 0 aliphatic carbocycles. The van der Waals surface area contributed by atoms with E-state index in [1.54, 1.807) is 0 Å². The molecule has 44 heavy (non-hydrogen) atoms. The van der Waals surface area contributed by atoms with Crippen LogP contribution in [0.4, 0.5) is 21.5 Å². The Balaban J connectivity index is 1.52. The topological polar surface area (TPSA) is 160 Å². The number of aromatic amines is 1. The number of nitro benzene ring substituents is 2. The van der Waals surface area contributed by atoms with E-state index in [1.165, 1.54) is 6.42 Å². The van der Waals surface area contributed by atoms with Crippen molar-refractivity contribution in [3.63, 3.8) is 0 Å². The van der Waals surface area contributed by atoms with Crippen LogP contribution in [0.1, 0.15) is 89.5 Å². The Labute approximate surface area is 256 Å². The highest BCUT2D eigenvalue weighted by molar-refractivity contribution is 5.89. The molecular weight excluding hydrogens is 569 g/mol. The summed E-state index contributed by atoms with van der Waals surface area (Å²) in [5.41, 5.74) is 0.480. The number of aryl methyl sites for hydroxylation is 1. The number of halogens is 1. The third-order valence-corrected chi connectivity index (χ3v) is 7.72. The number of unbranched alkanes of at least 4 members (excludes halogenated alkanes) is 6. The van der Waals surface area contributed by atoms with Crippen molar-refractivity contribution >= 4 is 39.7 Å². The Morgan fingerprint density at radius 2 is 1.64 bits per heavy atom. The molecule has 0 aliphatic heterocycles. The van der Waals surface area contributed by atoms with Gasteiger partial charge < -0.3 is 15.6 Å². The van der Waals surface area contributed by atoms with Crippen molar-refractivity contribution in [2.45, 2.75) is 96.4 Å². The van der Waals surface area contributed by atoms with Crippen molar-refractivity contribution in [1.29, 1.82) is 0 Å². The van der Waals surface area contributed by atoms with Crippen molar-refractivity contribution in [2.75, 3.05) is 11.9 Å². The van der Waals surface area contributed by atoms with Crippen LogP contribution in [0.5, 0.6) is 0 Å². The number of para-hydroxylation sites is 1. The van der Waals surface area contributed by atoms with E-state index >= 15 is 0 Å². The Bertz CT molecular complexity index is 1430. The summed E-state index contributed by atoms with van der Waals surface area (Å²) in [5.74, 6) is -1.36. The Kier molecular flexibility index (Phi) is 13.7. The van der Waals surface area contributed by atoms with Gasteiger partial charge in [0, 0.05) is 42.6 Å². The van der Waals surface area contributed by atoms with E-state index in [2.05, 4.69) is 22.5 Å². The lowest BCUT2D eigenvalue weighted by molar-refractivity contribution is -0.395. The third-order valence-electron chi connectivity index (χ3n) is 7.72. The van der Waals surface area contributed by atoms with Crippen molar-refractivity contribution in [3.05, 3.63) is 74.2 Å². The molecule has 3 rings (SSSR count). The number of Topliss-reactive ketones (excluding diaryl/α,β-unsaturated/α-hetero) is 1. The molecule has 12 heteroatoms. The van der Waals surface area contributed by atoms with Gasteiger partial charge in [0.2, 0.25) is 11.7 Å². The van der Waals surface area contributed by atoms with Gasteiger partial charge in [0.15, 0.2) is 5.78 Å². The van der Waals surface area contributed by atoms with Crippen LogP contribution in [-0.4, -0.2) is 39.1 Å². The van der Waals surface area contributed by atoms with Crippen LogP contribution >= 0.6 is 0 Å². The second kappa shape index (κ2) is 17.7. The zero-order valence-electron chi connectivity index (χ0n) is 25.2. The van der Waals surface area contributed by atoms with Gasteiger partial charge in [-0.15, -0.1) is 0 Å². The van der Waals surface area contributed by atoms with Gasteiger partial charge >= 0.3 is 5.69 Å². The molecule has 1 amide bonds. The SMILES string of the molecule is CCCCCCCCC(=O)[C@H](CCCCNc1cc(F)c([N+](=O)[O-])cc1[N+](=O)[O-])NC(=O)CCCc1c[nH]c2ccccc12. The van der Waals surface area contributed by atoms with Gasteiger partial charge in [0.05, 0.1) is 22.0 Å². The lowest BCUT2D eigenvalue weighted by atomic mass is 9.99. The van der Waals surface area contributed by atoms with E-state index in [0.717, 1.165) is 61.1 Å². The van der Waals surface area contributed by atoms with E-state index in [1.807, 2.05) is 30.5 Å². The van der Waals surface area contributed by atoms with Gasteiger partial charge in [0.1, 0.15) is 5.69 Å². The summed E-state index contributed by atoms with van der Waals surface area (Å²) in [6, 6.07) is 8.72. The molecule has 1 heterocycles. The van der Waals surface area contributed by atoms with Crippen LogP contribution in [0.3, 0.4) is 0 Å². The quantitative estimate of drug-likeness (QED) is 0.0637. The summed E-state index contributed by atoms with van der Waals surface area (Å²) in [7, 11) is 0. The molecule has 0 spiro atoms. The van der Waals surface area contributed by atoms with Crippen LogP contribution in [0.25, 0.3) is 10.9 Å². The molecule has 0 unspecified atom stereocenters. The Hall–Kier alpha value is -4.35. The number of carbonyl (C=O) groups excluding carboxylic acids is 2. The van der Waals surface area contributed by atoms with E-state index in [4.69, 9.17) is 0 Å². The molecule has 1 atom stereocenters. The molecule has 11 nitrogen and oxygen atoms in total. The maximum Gasteiger partial charge on any atom is 0.311 e. The molecule has 0 bridgehead atoms. The normalized spacial score (nSPS) is 11.8. The molecule has 0 fully saturated rings. The highest BCUT2D eigenvalue weighted by Crippen LogP contribution is 2.31. The molecule has 0 radical (unpaired) electrons. The van der Waals surface area contributed by atoms with Crippen LogP contribution in [0.15, 0.2) is 42.6 Å². The summed E-state index contributed by atoms with van der Waals surface area (Å²) in [6.45, 7) is 2.37. The van der Waals surface area contributed by atoms with Crippen LogP contribution in [0.2, 0.25) is 0 Å². The van der Waals surface area contributed by atoms with Gasteiger partial charge in [-0.3, -0.25) is 29.8 Å². The second-order valence-electron chi connectivity index (χ2n) is 11.1. The number of hydrogen-bond donors (Lipinski definition) is 3. The number of amides is 1. The number of nitrogens with one attached hydrogen (secondary N) is 3. The number of fused-ring (bicyclic) bond motifs is 1. The average Bonchev–Trinajstić information content (AvgIpc) is 3.40. The lowest BCUT2D eigenvalue weighted by Gasteiger charge is -2.18. The fourth-order valence-electron chi connectivity index (χ4n) is 5.29. The number of carbonyl (C=O) groups is 2. The Morgan fingerprint density at radius 3 is 2.39 bits per heavy atom. The number of benzene rings is 2. The smallest absolute Gasteiger partial charge is 0.311 e. The van der Waals surface area contributed by atoms with Crippen molar-refractivity contribution in [2.24, 2.45) is 0 Å². The molecule has 1 aromatic heterocycles. The van der Waals surface area contributed by atoms with E-state index < -0.39 is 33.1 Å². The maximum atomic E-state index is 14.1. The van der Waals surface area contributed by atoms with Crippen LogP contribution in [0, 0.1) is 26.0 Å². The minimum Gasteiger partial charge on any atom is -0.379 e. The van der Waals surface area contributed by atoms with E-state index in [0.29, 0.717) is 38.2 Å². The summed E-state index contributed by atoms with van der Waals surface area (Å²) in [4.78, 5) is 49.7. The minimum atomic E-state index is -1.17. The fourth-order valence-corrected chi connectivity index (χ4v) is 5.29. The molecule has 0 saturated heterocycles. The average molecular weight is 612 g/mol. The van der Waals surface area contributed by atoms with E-state index in [-0.39, 0.29) is 30.3 Å². The fraction of sp³-hybridized carbons (Fsp3) is 0.500. The number of rotatable bonds is 21. The molecule has 0 saturated carbocycles. The van der Waals surface area contributed by atoms with Crippen molar-refractivity contribution < 1.29 is 23.8 Å². The first-order chi connectivity index (χ1) is 21.2. The number of anilines is 1. The van der Waals surface area contributed by atoms with Gasteiger partial charge in [-0.05, 0) is 50.2 Å². The van der Waals surface area contributed by atoms with Gasteiger partial charge in [-0.25, -0.2) is 0 Å². The van der Waals surface area contributed by atoms with Gasteiger partial charge in [-0.1, -0.05) is 57.2 Å². The largest absolute Gasteiger partial charge is 0.379 e.